The first kappa shape index (κ1) is 83.3. The Kier molecular flexibility index (Phi) is 32.7. The number of carboxylic acids is 4. The van der Waals surface area contributed by atoms with E-state index >= 15 is 0 Å². The lowest BCUT2D eigenvalue weighted by molar-refractivity contribution is -0.366. The summed E-state index contributed by atoms with van der Waals surface area (Å²) in [5.74, 6) is -13.7. The molecule has 8 amide bonds. The van der Waals surface area contributed by atoms with Gasteiger partial charge in [-0.2, -0.15) is 0 Å². The molecular weight excluding hydrogens is 1330 g/mol. The molecule has 22 N–H and O–H groups in total. The van der Waals surface area contributed by atoms with Gasteiger partial charge in [-0.05, 0) is 53.4 Å². The predicted octanol–water partition coefficient (Wildman–Crippen LogP) is -10.8. The first-order chi connectivity index (χ1) is 45.9. The quantitative estimate of drug-likeness (QED) is 0.0277. The number of carbonyl (C=O) groups excluding carboxylic acids is 8. The Morgan fingerprint density at radius 2 is 0.857 bits per heavy atom. The molecule has 42 nitrogen and oxygen atoms in total. The molecule has 4 rings (SSSR count). The number of ether oxygens (including phenoxy) is 9. The summed E-state index contributed by atoms with van der Waals surface area (Å²) in [6.07, 6.45) is -35.4. The van der Waals surface area contributed by atoms with Crippen LogP contribution in [-0.2, 0) is 100 Å². The second kappa shape index (κ2) is 38.5. The molecule has 4 fully saturated rings. The minimum absolute atomic E-state index is 0.0389. The maximum atomic E-state index is 13.9. The molecule has 42 heteroatoms. The number of nitrogens with two attached hydrogens (primary N) is 1. The van der Waals surface area contributed by atoms with Crippen molar-refractivity contribution >= 4 is 71.1 Å². The zero-order valence-corrected chi connectivity index (χ0v) is 54.5. The third kappa shape index (κ3) is 23.3. The van der Waals surface area contributed by atoms with Crippen molar-refractivity contribution in [2.75, 3.05) is 26.4 Å². The number of hydrogen-bond acceptors (Lipinski definition) is 30. The third-order valence-electron chi connectivity index (χ3n) is 15.9. The number of hydrogen-bond donors (Lipinski definition) is 21. The van der Waals surface area contributed by atoms with Gasteiger partial charge < -0.3 is 152 Å². The van der Waals surface area contributed by atoms with Gasteiger partial charge in [-0.15, -0.1) is 0 Å². The van der Waals surface area contributed by atoms with Crippen LogP contribution in [0.3, 0.4) is 0 Å². The maximum absolute atomic E-state index is 13.9. The smallest absolute Gasteiger partial charge is 0.332 e. The number of aliphatic carboxylic acids is 4. The highest BCUT2D eigenvalue weighted by atomic mass is 16.8. The molecule has 0 aromatic heterocycles. The number of aliphatic hydroxyl groups is 8. The van der Waals surface area contributed by atoms with Gasteiger partial charge in [-0.25, -0.2) is 9.59 Å². The number of aliphatic hydroxyl groups excluding tert-OH is 8. The molecule has 0 bridgehead atoms. The van der Waals surface area contributed by atoms with Gasteiger partial charge >= 0.3 is 23.9 Å². The summed E-state index contributed by atoms with van der Waals surface area (Å²) in [5, 5.41) is 145. The zero-order valence-electron chi connectivity index (χ0n) is 54.5. The molecule has 27 unspecified atom stereocenters. The van der Waals surface area contributed by atoms with Crippen LogP contribution in [-0.4, -0.2) is 324 Å². The van der Waals surface area contributed by atoms with Crippen LogP contribution >= 0.6 is 0 Å². The van der Waals surface area contributed by atoms with Crippen molar-refractivity contribution in [2.45, 2.75) is 252 Å². The van der Waals surface area contributed by atoms with Crippen LogP contribution in [0.5, 0.6) is 0 Å². The Balaban J connectivity index is 1.62. The number of amides is 8. The SMILES string of the molecule is CC(=O)NC1C(OC2C(CO)OC(OC3C(CO)OC(OC4C(CO)OC(O)C(NC(C)=O)C4OC(C)C(=O)NC(C)C(=O)NC(CCC(=O)NC(CCCC(N)C(=O)O)C(=O)NC(C)C(=O)O)C(=O)O)C(NC(C)=O)C3O)C(NC(C)=O)C2OC(C)C(=O)O)OC(CO)C(O)C1O. The van der Waals surface area contributed by atoms with Crippen LogP contribution in [0.4, 0.5) is 0 Å². The highest BCUT2D eigenvalue weighted by Gasteiger charge is 2.58. The molecule has 98 heavy (non-hydrogen) atoms. The largest absolute Gasteiger partial charge is 0.480 e. The van der Waals surface area contributed by atoms with Gasteiger partial charge in [0.2, 0.25) is 47.3 Å². The molecule has 4 heterocycles. The van der Waals surface area contributed by atoms with Crippen LogP contribution in [0.2, 0.25) is 0 Å². The van der Waals surface area contributed by atoms with Crippen LogP contribution in [0.25, 0.3) is 0 Å². The maximum Gasteiger partial charge on any atom is 0.332 e. The molecule has 4 aliphatic rings. The molecule has 0 saturated carbocycles. The fourth-order valence-electron chi connectivity index (χ4n) is 10.8. The Hall–Kier alpha value is -7.08. The number of carbonyl (C=O) groups is 12. The van der Waals surface area contributed by atoms with Crippen molar-refractivity contribution in [3.63, 3.8) is 0 Å². The van der Waals surface area contributed by atoms with E-state index in [1.165, 1.54) is 0 Å². The lowest BCUT2D eigenvalue weighted by atomic mass is 9.93. The Labute approximate surface area is 558 Å². The number of carboxylic acid groups (broad SMARTS) is 4. The van der Waals surface area contributed by atoms with Gasteiger partial charge in [0.05, 0.1) is 26.4 Å². The van der Waals surface area contributed by atoms with Crippen molar-refractivity contribution < 1.29 is 161 Å². The molecule has 0 aliphatic carbocycles. The molecule has 0 radical (unpaired) electrons. The lowest BCUT2D eigenvalue weighted by Gasteiger charge is -2.52. The summed E-state index contributed by atoms with van der Waals surface area (Å²) in [6.45, 7) is 4.21. The van der Waals surface area contributed by atoms with Crippen molar-refractivity contribution in [1.29, 1.82) is 0 Å². The van der Waals surface area contributed by atoms with Crippen molar-refractivity contribution in [1.82, 2.24) is 42.5 Å². The zero-order chi connectivity index (χ0) is 73.9. The monoisotopic (exact) mass is 1420 g/mol. The van der Waals surface area contributed by atoms with Crippen LogP contribution < -0.4 is 48.3 Å². The van der Waals surface area contributed by atoms with E-state index in [2.05, 4.69) is 42.5 Å². The van der Waals surface area contributed by atoms with Crippen molar-refractivity contribution in [3.05, 3.63) is 0 Å². The average Bonchev–Trinajstić information content (AvgIpc) is 0.749. The Morgan fingerprint density at radius 3 is 1.35 bits per heavy atom. The lowest BCUT2D eigenvalue weighted by Crippen LogP contribution is -2.72. The Morgan fingerprint density at radius 1 is 0.418 bits per heavy atom. The highest BCUT2D eigenvalue weighted by molar-refractivity contribution is 5.92. The molecule has 0 aromatic rings. The van der Waals surface area contributed by atoms with E-state index in [1.807, 2.05) is 0 Å². The topological polar surface area (TPSA) is 653 Å². The highest BCUT2D eigenvalue weighted by Crippen LogP contribution is 2.36. The molecule has 558 valence electrons. The molecule has 0 aromatic carbocycles. The van der Waals surface area contributed by atoms with Crippen molar-refractivity contribution in [2.24, 2.45) is 5.73 Å². The van der Waals surface area contributed by atoms with E-state index < -0.39 is 275 Å². The van der Waals surface area contributed by atoms with Gasteiger partial charge in [-0.3, -0.25) is 47.9 Å². The molecule has 4 saturated heterocycles. The summed E-state index contributed by atoms with van der Waals surface area (Å²) in [5.41, 5.74) is 5.53. The van der Waals surface area contributed by atoms with Gasteiger partial charge in [0.25, 0.3) is 0 Å². The minimum atomic E-state index is -2.16. The van der Waals surface area contributed by atoms with E-state index in [0.717, 1.165) is 55.4 Å². The summed E-state index contributed by atoms with van der Waals surface area (Å²) in [6, 6.07) is -14.7. The van der Waals surface area contributed by atoms with Crippen molar-refractivity contribution in [3.8, 4) is 0 Å². The summed E-state index contributed by atoms with van der Waals surface area (Å²) < 4.78 is 54.4. The summed E-state index contributed by atoms with van der Waals surface area (Å²) in [7, 11) is 0. The second-order valence-corrected chi connectivity index (χ2v) is 23.7. The van der Waals surface area contributed by atoms with Gasteiger partial charge in [0.1, 0.15) is 134 Å². The van der Waals surface area contributed by atoms with Gasteiger partial charge in [-0.1, -0.05) is 0 Å². The predicted molar refractivity (Wildman–Crippen MR) is 318 cm³/mol. The van der Waals surface area contributed by atoms with E-state index in [0.29, 0.717) is 0 Å². The molecule has 0 spiro atoms. The molecular formula is C56H91N9O33. The van der Waals surface area contributed by atoms with E-state index in [4.69, 9.17) is 53.5 Å². The Bertz CT molecular complexity index is 2760. The van der Waals surface area contributed by atoms with Crippen LogP contribution in [0, 0.1) is 0 Å². The molecule has 27 atom stereocenters. The van der Waals surface area contributed by atoms with Crippen LogP contribution in [0.15, 0.2) is 0 Å². The molecule has 4 aliphatic heterocycles. The second-order valence-electron chi connectivity index (χ2n) is 23.7. The fraction of sp³-hybridized carbons (Fsp3) is 0.786. The van der Waals surface area contributed by atoms with E-state index in [-0.39, 0.29) is 19.3 Å². The normalized spacial score (nSPS) is 32.3. The van der Waals surface area contributed by atoms with E-state index in [9.17, 15) is 114 Å². The van der Waals surface area contributed by atoms with E-state index in [1.54, 1.807) is 0 Å². The number of nitrogens with one attached hydrogen (secondary N) is 8. The third-order valence-corrected chi connectivity index (χ3v) is 15.9. The fourth-order valence-corrected chi connectivity index (χ4v) is 10.8. The van der Waals surface area contributed by atoms with Crippen LogP contribution in [0.1, 0.15) is 87.5 Å². The minimum Gasteiger partial charge on any atom is -0.480 e. The first-order valence-electron chi connectivity index (χ1n) is 30.9. The standard InChI is InChI=1S/C56H91N9O33/c1-18(46(78)65-28(52(87)88)12-13-33(74)64-27(11-9-10-26(57)51(85)86)48(80)59-19(2)49(81)82)58-47(79)20(3)90-44-36(62-24(7)72)53(89)92-31(16-68)42(44)97-55-35(61-23(6)71)40(77)41(30(15-67)94-55)96-56-37(63-25(8)73)45(91-21(4)50(83)84)43(32(17-69)95-56)98-54-34(60-22(5)70)39(76)38(75)29(14-66)93-54/h18-21,26-32,34-45,53-56,66-69,75-77,89H,9-17,57H2,1-8H3,(H,58,79)(H,59,80)(H,60,70)(H,61,71)(H,62,72)(H,63,73)(H,64,74)(H,65,78)(H,81,82)(H,83,84)(H,85,86)(H,87,88). The summed E-state index contributed by atoms with van der Waals surface area (Å²) >= 11 is 0. The number of rotatable bonds is 36. The van der Waals surface area contributed by atoms with Gasteiger partial charge in [0.15, 0.2) is 31.3 Å². The first-order valence-corrected chi connectivity index (χ1v) is 30.9. The summed E-state index contributed by atoms with van der Waals surface area (Å²) in [4.78, 5) is 152. The van der Waals surface area contributed by atoms with Gasteiger partial charge in [0, 0.05) is 34.1 Å². The average molecular weight is 1420 g/mol.